The number of hydrogen-bond acceptors (Lipinski definition) is 1. The van der Waals surface area contributed by atoms with Crippen LogP contribution in [0.3, 0.4) is 0 Å². The number of rotatable bonds is 3. The Kier molecular flexibility index (Phi) is 5.85. The third kappa shape index (κ3) is 4.07. The van der Waals surface area contributed by atoms with Crippen LogP contribution in [0.5, 0.6) is 0 Å². The van der Waals surface area contributed by atoms with Crippen molar-refractivity contribution in [3.63, 3.8) is 0 Å². The highest BCUT2D eigenvalue weighted by Crippen LogP contribution is 2.46. The van der Waals surface area contributed by atoms with E-state index in [0.29, 0.717) is 0 Å². The molecule has 0 saturated carbocycles. The summed E-state index contributed by atoms with van der Waals surface area (Å²) in [6.07, 6.45) is 0. The SMILES string of the molecule is c1ccc2cc(-c3c4ccccc4c(-c4ccc(-c5cccc6c5sc5c7ccccc7ccc65)cc4)c4ccccc34)ccc2c1. The molecule has 9 aromatic carbocycles. The van der Waals surface area contributed by atoms with Crippen molar-refractivity contribution in [3.8, 4) is 33.4 Å². The minimum absolute atomic E-state index is 1.24. The monoisotopic (exact) mass is 612 g/mol. The maximum absolute atomic E-state index is 2.34. The van der Waals surface area contributed by atoms with Crippen LogP contribution in [0.15, 0.2) is 170 Å². The average Bonchev–Trinajstić information content (AvgIpc) is 3.53. The Morgan fingerprint density at radius 2 is 0.766 bits per heavy atom. The van der Waals surface area contributed by atoms with Crippen LogP contribution in [0.25, 0.3) is 96.6 Å². The van der Waals surface area contributed by atoms with Gasteiger partial charge in [-0.25, -0.2) is 0 Å². The third-order valence-electron chi connectivity index (χ3n) is 9.84. The summed E-state index contributed by atoms with van der Waals surface area (Å²) in [5, 5.41) is 12.9. The van der Waals surface area contributed by atoms with Gasteiger partial charge < -0.3 is 0 Å². The van der Waals surface area contributed by atoms with E-state index in [2.05, 4.69) is 170 Å². The molecule has 10 aromatic rings. The fourth-order valence-corrected chi connectivity index (χ4v) is 9.04. The van der Waals surface area contributed by atoms with Crippen molar-refractivity contribution in [2.45, 2.75) is 0 Å². The van der Waals surface area contributed by atoms with Gasteiger partial charge in [0.1, 0.15) is 0 Å². The minimum Gasteiger partial charge on any atom is -0.134 e. The van der Waals surface area contributed by atoms with Crippen LogP contribution in [-0.4, -0.2) is 0 Å². The zero-order valence-electron chi connectivity index (χ0n) is 25.6. The number of benzene rings is 9. The lowest BCUT2D eigenvalue weighted by Crippen LogP contribution is -1.91. The molecular formula is C46H28S. The van der Waals surface area contributed by atoms with Crippen LogP contribution in [0.1, 0.15) is 0 Å². The van der Waals surface area contributed by atoms with Gasteiger partial charge in [-0.1, -0.05) is 164 Å². The van der Waals surface area contributed by atoms with Gasteiger partial charge in [-0.2, -0.15) is 0 Å². The van der Waals surface area contributed by atoms with Gasteiger partial charge in [-0.05, 0) is 82.5 Å². The lowest BCUT2D eigenvalue weighted by molar-refractivity contribution is 1.64. The van der Waals surface area contributed by atoms with Crippen LogP contribution in [0, 0.1) is 0 Å². The molecule has 0 bridgehead atoms. The molecule has 0 nitrogen and oxygen atoms in total. The van der Waals surface area contributed by atoms with Crippen molar-refractivity contribution in [1.29, 1.82) is 0 Å². The molecule has 0 radical (unpaired) electrons. The predicted octanol–water partition coefficient (Wildman–Crippen LogP) is 13.7. The summed E-state index contributed by atoms with van der Waals surface area (Å²) in [6.45, 7) is 0. The lowest BCUT2D eigenvalue weighted by atomic mass is 9.85. The van der Waals surface area contributed by atoms with E-state index in [0.717, 1.165) is 0 Å². The number of fused-ring (bicyclic) bond motifs is 8. The first-order chi connectivity index (χ1) is 23.3. The highest BCUT2D eigenvalue weighted by Gasteiger charge is 2.18. The molecule has 0 aliphatic rings. The molecule has 0 atom stereocenters. The molecule has 1 heteroatoms. The molecule has 0 aliphatic carbocycles. The summed E-state index contributed by atoms with van der Waals surface area (Å²) in [4.78, 5) is 0. The molecule has 0 fully saturated rings. The Balaban J connectivity index is 1.16. The molecule has 10 rings (SSSR count). The zero-order valence-corrected chi connectivity index (χ0v) is 26.4. The summed E-state index contributed by atoms with van der Waals surface area (Å²) in [6, 6.07) is 62.6. The number of hydrogen-bond donors (Lipinski definition) is 0. The van der Waals surface area contributed by atoms with Gasteiger partial charge in [-0.3, -0.25) is 0 Å². The first-order valence-electron chi connectivity index (χ1n) is 16.2. The molecule has 0 spiro atoms. The van der Waals surface area contributed by atoms with E-state index < -0.39 is 0 Å². The minimum atomic E-state index is 1.24. The van der Waals surface area contributed by atoms with E-state index in [1.165, 1.54) is 96.6 Å². The summed E-state index contributed by atoms with van der Waals surface area (Å²) in [5.41, 5.74) is 7.62. The van der Waals surface area contributed by atoms with Crippen LogP contribution >= 0.6 is 11.3 Å². The summed E-state index contributed by atoms with van der Waals surface area (Å²) < 4.78 is 2.72. The van der Waals surface area contributed by atoms with Crippen molar-refractivity contribution < 1.29 is 0 Å². The molecule has 0 aliphatic heterocycles. The van der Waals surface area contributed by atoms with Gasteiger partial charge in [-0.15, -0.1) is 11.3 Å². The van der Waals surface area contributed by atoms with Crippen molar-refractivity contribution in [2.75, 3.05) is 0 Å². The number of thiophene rings is 1. The summed E-state index contributed by atoms with van der Waals surface area (Å²) in [5.74, 6) is 0. The Hall–Kier alpha value is -5.76. The first kappa shape index (κ1) is 26.5. The van der Waals surface area contributed by atoms with Gasteiger partial charge in [0.25, 0.3) is 0 Å². The second kappa shape index (κ2) is 10.4. The maximum atomic E-state index is 2.34. The van der Waals surface area contributed by atoms with Crippen LogP contribution in [-0.2, 0) is 0 Å². The molecule has 0 amide bonds. The van der Waals surface area contributed by atoms with Gasteiger partial charge in [0.2, 0.25) is 0 Å². The Labute approximate surface area is 276 Å². The average molecular weight is 613 g/mol. The molecular weight excluding hydrogens is 585 g/mol. The molecule has 1 aromatic heterocycles. The van der Waals surface area contributed by atoms with E-state index in [4.69, 9.17) is 0 Å². The van der Waals surface area contributed by atoms with Gasteiger partial charge >= 0.3 is 0 Å². The second-order valence-corrected chi connectivity index (χ2v) is 13.4. The van der Waals surface area contributed by atoms with Crippen molar-refractivity contribution in [3.05, 3.63) is 170 Å². The largest absolute Gasteiger partial charge is 0.134 e. The Morgan fingerprint density at radius 3 is 1.47 bits per heavy atom. The van der Waals surface area contributed by atoms with E-state index in [-0.39, 0.29) is 0 Å². The standard InChI is InChI=1S/C46H28S/c1-2-12-33-28-34(25-20-29(33)10-1)44-39-16-7-5-14-37(39)43(38-15-6-8-17-40(38)44)32-23-21-31(22-24-32)36-18-9-19-41-42-27-26-30-11-3-4-13-35(30)46(42)47-45(36)41/h1-28H. The van der Waals surface area contributed by atoms with E-state index in [1.54, 1.807) is 0 Å². The van der Waals surface area contributed by atoms with Crippen LogP contribution < -0.4 is 0 Å². The molecule has 0 saturated heterocycles. The lowest BCUT2D eigenvalue weighted by Gasteiger charge is -2.18. The third-order valence-corrected chi connectivity index (χ3v) is 11.1. The van der Waals surface area contributed by atoms with E-state index in [1.807, 2.05) is 11.3 Å². The fraction of sp³-hybridized carbons (Fsp3) is 0. The normalized spacial score (nSPS) is 11.8. The van der Waals surface area contributed by atoms with Crippen LogP contribution in [0.2, 0.25) is 0 Å². The van der Waals surface area contributed by atoms with Gasteiger partial charge in [0.15, 0.2) is 0 Å². The Bertz CT molecular complexity index is 2780. The predicted molar refractivity (Wildman–Crippen MR) is 206 cm³/mol. The highest BCUT2D eigenvalue weighted by atomic mass is 32.1. The van der Waals surface area contributed by atoms with E-state index in [9.17, 15) is 0 Å². The summed E-state index contributed by atoms with van der Waals surface area (Å²) in [7, 11) is 0. The molecule has 1 heterocycles. The van der Waals surface area contributed by atoms with Crippen molar-refractivity contribution in [1.82, 2.24) is 0 Å². The van der Waals surface area contributed by atoms with Crippen LogP contribution in [0.4, 0.5) is 0 Å². The summed E-state index contributed by atoms with van der Waals surface area (Å²) >= 11 is 1.92. The maximum Gasteiger partial charge on any atom is 0.0434 e. The highest BCUT2D eigenvalue weighted by molar-refractivity contribution is 7.27. The zero-order chi connectivity index (χ0) is 30.9. The quantitative estimate of drug-likeness (QED) is 0.174. The van der Waals surface area contributed by atoms with E-state index >= 15 is 0 Å². The van der Waals surface area contributed by atoms with Crippen molar-refractivity contribution in [2.24, 2.45) is 0 Å². The molecule has 47 heavy (non-hydrogen) atoms. The molecule has 0 N–H and O–H groups in total. The molecule has 218 valence electrons. The van der Waals surface area contributed by atoms with Gasteiger partial charge in [0, 0.05) is 20.2 Å². The van der Waals surface area contributed by atoms with Crippen molar-refractivity contribution >= 4 is 74.6 Å². The second-order valence-electron chi connectivity index (χ2n) is 12.4. The Morgan fingerprint density at radius 1 is 0.277 bits per heavy atom. The fourth-order valence-electron chi connectivity index (χ4n) is 7.67. The topological polar surface area (TPSA) is 0 Å². The van der Waals surface area contributed by atoms with Gasteiger partial charge in [0.05, 0.1) is 0 Å². The molecule has 0 unspecified atom stereocenters. The smallest absolute Gasteiger partial charge is 0.0434 e. The first-order valence-corrected chi connectivity index (χ1v) is 17.0.